The van der Waals surface area contributed by atoms with E-state index in [0.717, 1.165) is 61.6 Å². The second kappa shape index (κ2) is 9.41. The van der Waals surface area contributed by atoms with Crippen molar-refractivity contribution in [2.24, 2.45) is 5.92 Å². The van der Waals surface area contributed by atoms with Crippen molar-refractivity contribution < 1.29 is 14.3 Å². The highest BCUT2D eigenvalue weighted by Crippen LogP contribution is 2.24. The highest BCUT2D eigenvalue weighted by atomic mass is 16.5. The number of ether oxygens (including phenoxy) is 1. The number of rotatable bonds is 4. The molecule has 0 atom stereocenters. The average molecular weight is 422 g/mol. The molecule has 2 aliphatic rings. The van der Waals surface area contributed by atoms with Crippen LogP contribution in [0.15, 0.2) is 48.5 Å². The van der Waals surface area contributed by atoms with E-state index < -0.39 is 0 Å². The first-order chi connectivity index (χ1) is 15.1. The van der Waals surface area contributed by atoms with Gasteiger partial charge in [-0.1, -0.05) is 18.2 Å². The molecule has 0 radical (unpaired) electrons. The first-order valence-corrected chi connectivity index (χ1v) is 11.1. The first kappa shape index (κ1) is 21.2. The second-order valence-electron chi connectivity index (χ2n) is 8.39. The molecule has 0 aliphatic carbocycles. The van der Waals surface area contributed by atoms with Crippen molar-refractivity contribution in [2.75, 3.05) is 51.3 Å². The van der Waals surface area contributed by atoms with Crippen molar-refractivity contribution in [3.05, 3.63) is 59.7 Å². The van der Waals surface area contributed by atoms with Crippen LogP contribution >= 0.6 is 0 Å². The summed E-state index contributed by atoms with van der Waals surface area (Å²) in [6, 6.07) is 15.8. The summed E-state index contributed by atoms with van der Waals surface area (Å²) in [5.41, 5.74) is 2.93. The summed E-state index contributed by atoms with van der Waals surface area (Å²) in [6.07, 6.45) is 1.49. The number of likely N-dealkylation sites (tertiary alicyclic amines) is 1. The van der Waals surface area contributed by atoms with Gasteiger partial charge in [0.1, 0.15) is 5.75 Å². The maximum absolute atomic E-state index is 13.1. The Morgan fingerprint density at radius 3 is 2.10 bits per heavy atom. The third kappa shape index (κ3) is 4.68. The Morgan fingerprint density at radius 2 is 1.48 bits per heavy atom. The fourth-order valence-corrected chi connectivity index (χ4v) is 4.55. The lowest BCUT2D eigenvalue weighted by Crippen LogP contribution is -2.52. The van der Waals surface area contributed by atoms with E-state index in [2.05, 4.69) is 17.0 Å². The summed E-state index contributed by atoms with van der Waals surface area (Å²) in [5.74, 6) is 1.20. The van der Waals surface area contributed by atoms with Crippen LogP contribution in [0.2, 0.25) is 0 Å². The standard InChI is InChI=1S/C25H31N3O3/c1-19-5-3-4-6-23(19)25(30)27-13-11-20(12-14-27)24(29)28-17-15-26(16-18-28)21-7-9-22(31-2)10-8-21/h3-10,20H,11-18H2,1-2H3. The highest BCUT2D eigenvalue weighted by molar-refractivity contribution is 5.95. The fourth-order valence-electron chi connectivity index (χ4n) is 4.55. The van der Waals surface area contributed by atoms with E-state index in [-0.39, 0.29) is 17.7 Å². The SMILES string of the molecule is COc1ccc(N2CCN(C(=O)C3CCN(C(=O)c4ccccc4C)CC3)CC2)cc1. The lowest BCUT2D eigenvalue weighted by Gasteiger charge is -2.39. The summed E-state index contributed by atoms with van der Waals surface area (Å²) < 4.78 is 5.23. The molecule has 0 N–H and O–H groups in total. The Balaban J connectivity index is 1.27. The molecule has 4 rings (SSSR count). The number of hydrogen-bond acceptors (Lipinski definition) is 4. The molecule has 2 fully saturated rings. The summed E-state index contributed by atoms with van der Waals surface area (Å²) in [6.45, 7) is 6.42. The molecular formula is C25H31N3O3. The molecule has 2 aromatic carbocycles. The number of methoxy groups -OCH3 is 1. The number of aryl methyl sites for hydroxylation is 1. The Kier molecular flexibility index (Phi) is 6.44. The number of piperazine rings is 1. The topological polar surface area (TPSA) is 53.1 Å². The van der Waals surface area contributed by atoms with Crippen molar-refractivity contribution in [1.82, 2.24) is 9.80 Å². The summed E-state index contributed by atoms with van der Waals surface area (Å²) >= 11 is 0. The van der Waals surface area contributed by atoms with E-state index in [1.807, 2.05) is 53.1 Å². The average Bonchev–Trinajstić information content (AvgIpc) is 2.84. The minimum Gasteiger partial charge on any atom is -0.497 e. The maximum Gasteiger partial charge on any atom is 0.254 e. The lowest BCUT2D eigenvalue weighted by molar-refractivity contribution is -0.137. The molecule has 0 unspecified atom stereocenters. The minimum absolute atomic E-state index is 0.0217. The number of carbonyl (C=O) groups is 2. The summed E-state index contributed by atoms with van der Waals surface area (Å²) in [4.78, 5) is 32.1. The van der Waals surface area contributed by atoms with E-state index in [0.29, 0.717) is 13.1 Å². The van der Waals surface area contributed by atoms with Crippen LogP contribution in [-0.4, -0.2) is 68.0 Å². The van der Waals surface area contributed by atoms with Gasteiger partial charge in [0.25, 0.3) is 5.91 Å². The van der Waals surface area contributed by atoms with Gasteiger partial charge in [0.15, 0.2) is 0 Å². The van der Waals surface area contributed by atoms with Crippen molar-refractivity contribution in [1.29, 1.82) is 0 Å². The Bertz CT molecular complexity index is 912. The molecule has 2 saturated heterocycles. The van der Waals surface area contributed by atoms with Gasteiger partial charge >= 0.3 is 0 Å². The molecule has 0 saturated carbocycles. The van der Waals surface area contributed by atoms with E-state index in [1.54, 1.807) is 7.11 Å². The Hall–Kier alpha value is -3.02. The van der Waals surface area contributed by atoms with Crippen LogP contribution in [0.25, 0.3) is 0 Å². The molecule has 0 spiro atoms. The Labute approximate surface area is 184 Å². The van der Waals surface area contributed by atoms with Crippen molar-refractivity contribution in [2.45, 2.75) is 19.8 Å². The van der Waals surface area contributed by atoms with Gasteiger partial charge in [0.2, 0.25) is 5.91 Å². The first-order valence-electron chi connectivity index (χ1n) is 11.1. The van der Waals surface area contributed by atoms with Gasteiger partial charge in [-0.25, -0.2) is 0 Å². The van der Waals surface area contributed by atoms with Crippen LogP contribution in [0.1, 0.15) is 28.8 Å². The monoisotopic (exact) mass is 421 g/mol. The van der Waals surface area contributed by atoms with Gasteiger partial charge in [-0.2, -0.15) is 0 Å². The van der Waals surface area contributed by atoms with E-state index in [9.17, 15) is 9.59 Å². The number of hydrogen-bond donors (Lipinski definition) is 0. The minimum atomic E-state index is 0.0217. The molecule has 2 aliphatic heterocycles. The molecule has 2 amide bonds. The molecule has 2 aromatic rings. The lowest BCUT2D eigenvalue weighted by atomic mass is 9.94. The zero-order valence-corrected chi connectivity index (χ0v) is 18.4. The van der Waals surface area contributed by atoms with Crippen LogP contribution in [0.3, 0.4) is 0 Å². The van der Waals surface area contributed by atoms with Gasteiger partial charge in [-0.3, -0.25) is 9.59 Å². The van der Waals surface area contributed by atoms with E-state index in [4.69, 9.17) is 4.74 Å². The van der Waals surface area contributed by atoms with Gasteiger partial charge < -0.3 is 19.4 Å². The smallest absolute Gasteiger partial charge is 0.254 e. The van der Waals surface area contributed by atoms with Crippen molar-refractivity contribution >= 4 is 17.5 Å². The van der Waals surface area contributed by atoms with Crippen LogP contribution < -0.4 is 9.64 Å². The third-order valence-electron chi connectivity index (χ3n) is 6.54. The van der Waals surface area contributed by atoms with Crippen LogP contribution in [0, 0.1) is 12.8 Å². The molecule has 0 aromatic heterocycles. The second-order valence-corrected chi connectivity index (χ2v) is 8.39. The number of benzene rings is 2. The predicted octanol–water partition coefficient (Wildman–Crippen LogP) is 3.20. The number of nitrogens with zero attached hydrogens (tertiary/aromatic N) is 3. The third-order valence-corrected chi connectivity index (χ3v) is 6.54. The molecule has 0 bridgehead atoms. The quantitative estimate of drug-likeness (QED) is 0.761. The van der Waals surface area contributed by atoms with Crippen molar-refractivity contribution in [3.8, 4) is 5.75 Å². The van der Waals surface area contributed by atoms with E-state index in [1.165, 1.54) is 0 Å². The molecular weight excluding hydrogens is 390 g/mol. The van der Waals surface area contributed by atoms with Crippen LogP contribution in [0.5, 0.6) is 5.75 Å². The van der Waals surface area contributed by atoms with Gasteiger partial charge in [0, 0.05) is 56.4 Å². The van der Waals surface area contributed by atoms with Gasteiger partial charge in [-0.05, 0) is 55.7 Å². The van der Waals surface area contributed by atoms with Crippen LogP contribution in [-0.2, 0) is 4.79 Å². The number of amides is 2. The number of carbonyl (C=O) groups excluding carboxylic acids is 2. The number of anilines is 1. The Morgan fingerprint density at radius 1 is 0.839 bits per heavy atom. The summed E-state index contributed by atoms with van der Waals surface area (Å²) in [5, 5.41) is 0. The molecule has 2 heterocycles. The van der Waals surface area contributed by atoms with Gasteiger partial charge in [0.05, 0.1) is 7.11 Å². The highest BCUT2D eigenvalue weighted by Gasteiger charge is 2.32. The summed E-state index contributed by atoms with van der Waals surface area (Å²) in [7, 11) is 1.67. The normalized spacial score (nSPS) is 17.5. The molecule has 31 heavy (non-hydrogen) atoms. The van der Waals surface area contributed by atoms with Gasteiger partial charge in [-0.15, -0.1) is 0 Å². The van der Waals surface area contributed by atoms with E-state index >= 15 is 0 Å². The molecule has 164 valence electrons. The van der Waals surface area contributed by atoms with Crippen molar-refractivity contribution in [3.63, 3.8) is 0 Å². The molecule has 6 heteroatoms. The fraction of sp³-hybridized carbons (Fsp3) is 0.440. The van der Waals surface area contributed by atoms with Crippen LogP contribution in [0.4, 0.5) is 5.69 Å². The largest absolute Gasteiger partial charge is 0.497 e. The number of piperidine rings is 1. The maximum atomic E-state index is 13.1. The molecule has 6 nitrogen and oxygen atoms in total. The zero-order valence-electron chi connectivity index (χ0n) is 18.4. The zero-order chi connectivity index (χ0) is 21.8. The predicted molar refractivity (Wildman–Crippen MR) is 122 cm³/mol.